The molecule has 33 heavy (non-hydrogen) atoms. The zero-order valence-electron chi connectivity index (χ0n) is 17.9. The van der Waals surface area contributed by atoms with E-state index in [1.165, 1.54) is 51.5 Å². The Kier molecular flexibility index (Phi) is 6.90. The fraction of sp³-hybridized carbons (Fsp3) is 0.227. The van der Waals surface area contributed by atoms with Crippen LogP contribution in [0.25, 0.3) is 5.69 Å². The number of esters is 1. The van der Waals surface area contributed by atoms with E-state index in [-0.39, 0.29) is 17.9 Å². The molecular formula is C22H20F3N3O5. The second-order valence-corrected chi connectivity index (χ2v) is 6.60. The van der Waals surface area contributed by atoms with Crippen LogP contribution >= 0.6 is 0 Å². The highest BCUT2D eigenvalue weighted by Crippen LogP contribution is 2.34. The van der Waals surface area contributed by atoms with Gasteiger partial charge in [0, 0.05) is 11.8 Å². The van der Waals surface area contributed by atoms with Crippen LogP contribution in [-0.4, -0.2) is 42.5 Å². The summed E-state index contributed by atoms with van der Waals surface area (Å²) >= 11 is 0. The molecule has 0 aliphatic rings. The number of benzene rings is 2. The number of anilines is 1. The predicted octanol–water partition coefficient (Wildman–Crippen LogP) is 4.34. The van der Waals surface area contributed by atoms with E-state index in [9.17, 15) is 22.8 Å². The number of carbonyl (C=O) groups is 2. The van der Waals surface area contributed by atoms with Crippen molar-refractivity contribution < 1.29 is 37.0 Å². The summed E-state index contributed by atoms with van der Waals surface area (Å²) in [6.45, 7) is 1.42. The Balaban J connectivity index is 1.87. The maximum atomic E-state index is 13.6. The third-order valence-corrected chi connectivity index (χ3v) is 4.56. The smallest absolute Gasteiger partial charge is 0.434 e. The van der Waals surface area contributed by atoms with E-state index >= 15 is 0 Å². The average Bonchev–Trinajstić information content (AvgIpc) is 3.25. The first-order chi connectivity index (χ1) is 15.7. The van der Waals surface area contributed by atoms with Gasteiger partial charge in [0.05, 0.1) is 38.3 Å². The molecule has 0 atom stereocenters. The first kappa shape index (κ1) is 23.6. The largest absolute Gasteiger partial charge is 0.497 e. The molecule has 8 nitrogen and oxygen atoms in total. The molecule has 174 valence electrons. The fourth-order valence-electron chi connectivity index (χ4n) is 3.05. The molecule has 0 saturated heterocycles. The summed E-state index contributed by atoms with van der Waals surface area (Å²) in [5.41, 5.74) is -1.33. The van der Waals surface area contributed by atoms with Crippen molar-refractivity contribution in [3.8, 4) is 17.2 Å². The highest BCUT2D eigenvalue weighted by atomic mass is 19.4. The molecule has 11 heteroatoms. The Morgan fingerprint density at radius 1 is 1.03 bits per heavy atom. The van der Waals surface area contributed by atoms with Gasteiger partial charge >= 0.3 is 12.1 Å². The van der Waals surface area contributed by atoms with E-state index in [2.05, 4.69) is 10.4 Å². The van der Waals surface area contributed by atoms with Crippen molar-refractivity contribution in [3.05, 3.63) is 65.5 Å². The summed E-state index contributed by atoms with van der Waals surface area (Å²) in [5.74, 6) is -0.800. The minimum atomic E-state index is -4.85. The Bertz CT molecular complexity index is 1160. The van der Waals surface area contributed by atoms with Gasteiger partial charge in [0.2, 0.25) is 0 Å². The number of ether oxygens (including phenoxy) is 3. The highest BCUT2D eigenvalue weighted by molar-refractivity contribution is 6.06. The molecule has 0 radical (unpaired) electrons. The second kappa shape index (κ2) is 9.63. The van der Waals surface area contributed by atoms with Gasteiger partial charge in [-0.2, -0.15) is 18.3 Å². The van der Waals surface area contributed by atoms with Crippen LogP contribution in [0.4, 0.5) is 18.9 Å². The van der Waals surface area contributed by atoms with Crippen LogP contribution in [0.1, 0.15) is 33.3 Å². The molecule has 1 N–H and O–H groups in total. The summed E-state index contributed by atoms with van der Waals surface area (Å²) < 4.78 is 56.5. The molecular weight excluding hydrogens is 443 g/mol. The molecule has 0 aliphatic heterocycles. The number of aromatic nitrogens is 2. The Hall–Kier alpha value is -4.02. The molecule has 0 aliphatic carbocycles. The van der Waals surface area contributed by atoms with Crippen LogP contribution in [0.15, 0.2) is 48.7 Å². The summed E-state index contributed by atoms with van der Waals surface area (Å²) in [6.07, 6.45) is -4.04. The molecule has 1 heterocycles. The van der Waals surface area contributed by atoms with E-state index in [4.69, 9.17) is 14.2 Å². The molecule has 0 unspecified atom stereocenters. The summed E-state index contributed by atoms with van der Waals surface area (Å²) in [7, 11) is 2.89. The minimum absolute atomic E-state index is 0.0397. The molecule has 3 rings (SSSR count). The summed E-state index contributed by atoms with van der Waals surface area (Å²) in [4.78, 5) is 24.5. The van der Waals surface area contributed by atoms with Crippen LogP contribution in [0.2, 0.25) is 0 Å². The molecule has 0 saturated carbocycles. The van der Waals surface area contributed by atoms with Crippen molar-refractivity contribution in [3.63, 3.8) is 0 Å². The van der Waals surface area contributed by atoms with E-state index < -0.39 is 29.3 Å². The maximum absolute atomic E-state index is 13.6. The first-order valence-corrected chi connectivity index (χ1v) is 9.65. The fourth-order valence-corrected chi connectivity index (χ4v) is 3.05. The highest BCUT2D eigenvalue weighted by Gasteiger charge is 2.41. The lowest BCUT2D eigenvalue weighted by Crippen LogP contribution is -2.18. The first-order valence-electron chi connectivity index (χ1n) is 9.65. The normalized spacial score (nSPS) is 11.1. The zero-order valence-corrected chi connectivity index (χ0v) is 17.9. The number of hydrogen-bond acceptors (Lipinski definition) is 6. The monoisotopic (exact) mass is 463 g/mol. The van der Waals surface area contributed by atoms with Gasteiger partial charge in [0.25, 0.3) is 5.91 Å². The van der Waals surface area contributed by atoms with Gasteiger partial charge in [-0.25, -0.2) is 9.48 Å². The Morgan fingerprint density at radius 3 is 2.30 bits per heavy atom. The van der Waals surface area contributed by atoms with Crippen molar-refractivity contribution in [1.82, 2.24) is 9.78 Å². The molecule has 0 bridgehead atoms. The molecule has 0 fully saturated rings. The summed E-state index contributed by atoms with van der Waals surface area (Å²) in [6, 6.07) is 10.2. The number of amides is 1. The number of nitrogens with zero attached hydrogens (tertiary/aromatic N) is 2. The van der Waals surface area contributed by atoms with Crippen molar-refractivity contribution in [2.75, 3.05) is 26.1 Å². The maximum Gasteiger partial charge on any atom is 0.434 e. The Labute approximate surface area is 186 Å². The number of carbonyl (C=O) groups excluding carboxylic acids is 2. The van der Waals surface area contributed by atoms with Crippen molar-refractivity contribution >= 4 is 17.6 Å². The standard InChI is InChI=1S/C22H20F3N3O5/c1-4-33-21(30)17-12-26-28(19(17)22(23,24)25)14-7-5-13(6-8-14)27-20(29)16-10-9-15(31-2)11-18(16)32-3/h5-12H,4H2,1-3H3,(H,27,29). The lowest BCUT2D eigenvalue weighted by atomic mass is 10.1. The van der Waals surface area contributed by atoms with E-state index in [1.807, 2.05) is 0 Å². The van der Waals surface area contributed by atoms with Gasteiger partial charge in [0.1, 0.15) is 17.1 Å². The van der Waals surface area contributed by atoms with Crippen LogP contribution in [0, 0.1) is 0 Å². The third-order valence-electron chi connectivity index (χ3n) is 4.56. The quantitative estimate of drug-likeness (QED) is 0.525. The van der Waals surface area contributed by atoms with Gasteiger partial charge in [-0.3, -0.25) is 4.79 Å². The predicted molar refractivity (Wildman–Crippen MR) is 112 cm³/mol. The molecule has 2 aromatic carbocycles. The SMILES string of the molecule is CCOC(=O)c1cnn(-c2ccc(NC(=O)c3ccc(OC)cc3OC)cc2)c1C(F)(F)F. The van der Waals surface area contributed by atoms with Gasteiger partial charge in [-0.15, -0.1) is 0 Å². The third kappa shape index (κ3) is 5.08. The van der Waals surface area contributed by atoms with E-state index in [0.717, 1.165) is 6.20 Å². The van der Waals surface area contributed by atoms with Gasteiger partial charge < -0.3 is 19.5 Å². The second-order valence-electron chi connectivity index (χ2n) is 6.60. The lowest BCUT2D eigenvalue weighted by molar-refractivity contribution is -0.143. The number of methoxy groups -OCH3 is 2. The zero-order chi connectivity index (χ0) is 24.2. The minimum Gasteiger partial charge on any atom is -0.497 e. The van der Waals surface area contributed by atoms with E-state index in [1.54, 1.807) is 12.1 Å². The lowest BCUT2D eigenvalue weighted by Gasteiger charge is -2.13. The number of rotatable bonds is 7. The average molecular weight is 463 g/mol. The van der Waals surface area contributed by atoms with Crippen LogP contribution < -0.4 is 14.8 Å². The number of hydrogen-bond donors (Lipinski definition) is 1. The van der Waals surface area contributed by atoms with Gasteiger partial charge in [-0.05, 0) is 43.3 Å². The Morgan fingerprint density at radius 2 is 1.73 bits per heavy atom. The molecule has 3 aromatic rings. The molecule has 1 aromatic heterocycles. The number of alkyl halides is 3. The van der Waals surface area contributed by atoms with Gasteiger partial charge in [0.15, 0.2) is 5.69 Å². The summed E-state index contributed by atoms with van der Waals surface area (Å²) in [5, 5.41) is 6.36. The topological polar surface area (TPSA) is 91.7 Å². The van der Waals surface area contributed by atoms with Crippen LogP contribution in [0.3, 0.4) is 0 Å². The molecule has 0 spiro atoms. The van der Waals surface area contributed by atoms with E-state index in [0.29, 0.717) is 21.9 Å². The van der Waals surface area contributed by atoms with Crippen molar-refractivity contribution in [2.45, 2.75) is 13.1 Å². The van der Waals surface area contributed by atoms with Crippen LogP contribution in [0.5, 0.6) is 11.5 Å². The van der Waals surface area contributed by atoms with Crippen LogP contribution in [-0.2, 0) is 10.9 Å². The molecule has 1 amide bonds. The number of nitrogens with one attached hydrogen (secondary N) is 1. The van der Waals surface area contributed by atoms with Crippen molar-refractivity contribution in [2.24, 2.45) is 0 Å². The van der Waals surface area contributed by atoms with Gasteiger partial charge in [-0.1, -0.05) is 0 Å². The van der Waals surface area contributed by atoms with Crippen molar-refractivity contribution in [1.29, 1.82) is 0 Å². The number of halogens is 3.